The molecule has 0 aromatic heterocycles. The van der Waals surface area contributed by atoms with Gasteiger partial charge in [0, 0.05) is 22.3 Å². The summed E-state index contributed by atoms with van der Waals surface area (Å²) in [5, 5.41) is 3.01. The Kier molecular flexibility index (Phi) is 5.05. The fourth-order valence-electron chi connectivity index (χ4n) is 2.46. The molecule has 1 aromatic rings. The molecule has 110 valence electrons. The number of nitrogens with one attached hydrogen (secondary N) is 1. The number of amides is 1. The minimum atomic E-state index is -3.74. The highest BCUT2D eigenvalue weighted by molar-refractivity contribution is 8.13. The van der Waals surface area contributed by atoms with Gasteiger partial charge in [-0.2, -0.15) is 0 Å². The molecule has 6 heteroatoms. The summed E-state index contributed by atoms with van der Waals surface area (Å²) in [4.78, 5) is 12.1. The van der Waals surface area contributed by atoms with E-state index in [1.807, 2.05) is 0 Å². The molecule has 0 atom stereocenters. The molecule has 1 saturated carbocycles. The summed E-state index contributed by atoms with van der Waals surface area (Å²) >= 11 is 0. The minimum Gasteiger partial charge on any atom is -0.349 e. The molecule has 1 N–H and O–H groups in total. The molecule has 1 aliphatic rings. The minimum absolute atomic E-state index is 0.00480. The molecular weight excluding hydrogens is 298 g/mol. The maximum atomic E-state index is 12.1. The first kappa shape index (κ1) is 15.3. The molecule has 2 rings (SSSR count). The summed E-state index contributed by atoms with van der Waals surface area (Å²) in [6, 6.07) is 5.90. The Bertz CT molecular complexity index is 561. The Hall–Kier alpha value is -1.07. The summed E-state index contributed by atoms with van der Waals surface area (Å²) in [6.07, 6.45) is 6.78. The molecule has 1 aromatic carbocycles. The van der Waals surface area contributed by atoms with Crippen LogP contribution in [0.15, 0.2) is 29.2 Å². The van der Waals surface area contributed by atoms with Crippen molar-refractivity contribution in [1.29, 1.82) is 0 Å². The second kappa shape index (κ2) is 6.59. The van der Waals surface area contributed by atoms with Crippen LogP contribution in [0, 0.1) is 0 Å². The Morgan fingerprint density at radius 3 is 2.10 bits per heavy atom. The van der Waals surface area contributed by atoms with Crippen molar-refractivity contribution in [3.05, 3.63) is 29.8 Å². The number of hydrogen-bond acceptors (Lipinski definition) is 3. The Labute approximate surface area is 123 Å². The standard InChI is InChI=1S/C14H18ClNO3S/c15-20(18,19)13-9-7-11(8-10-13)14(17)16-12-5-3-1-2-4-6-12/h7-10,12H,1-6H2,(H,16,17). The highest BCUT2D eigenvalue weighted by Gasteiger charge is 2.16. The molecule has 0 bridgehead atoms. The second-order valence-electron chi connectivity index (χ2n) is 5.12. The number of carbonyl (C=O) groups excluding carboxylic acids is 1. The predicted octanol–water partition coefficient (Wildman–Crippen LogP) is 3.07. The number of benzene rings is 1. The third kappa shape index (κ3) is 4.21. The van der Waals surface area contributed by atoms with E-state index in [2.05, 4.69) is 5.32 Å². The van der Waals surface area contributed by atoms with Gasteiger partial charge in [-0.25, -0.2) is 8.42 Å². The largest absolute Gasteiger partial charge is 0.349 e. The van der Waals surface area contributed by atoms with E-state index in [0.29, 0.717) is 5.56 Å². The fourth-order valence-corrected chi connectivity index (χ4v) is 3.23. The van der Waals surface area contributed by atoms with Crippen molar-refractivity contribution >= 4 is 25.6 Å². The van der Waals surface area contributed by atoms with Crippen molar-refractivity contribution in [1.82, 2.24) is 5.32 Å². The van der Waals surface area contributed by atoms with Crippen molar-refractivity contribution in [2.75, 3.05) is 0 Å². The van der Waals surface area contributed by atoms with Gasteiger partial charge in [0.25, 0.3) is 15.0 Å². The second-order valence-corrected chi connectivity index (χ2v) is 7.69. The van der Waals surface area contributed by atoms with Gasteiger partial charge in [0.2, 0.25) is 0 Å². The number of carbonyl (C=O) groups is 1. The van der Waals surface area contributed by atoms with Gasteiger partial charge in [0.1, 0.15) is 0 Å². The Morgan fingerprint density at radius 1 is 1.05 bits per heavy atom. The van der Waals surface area contributed by atoms with Gasteiger partial charge in [0.15, 0.2) is 0 Å². The lowest BCUT2D eigenvalue weighted by atomic mass is 10.1. The molecular formula is C14H18ClNO3S. The molecule has 0 radical (unpaired) electrons. The van der Waals surface area contributed by atoms with Crippen LogP contribution in [0.2, 0.25) is 0 Å². The number of halogens is 1. The maximum Gasteiger partial charge on any atom is 0.261 e. The smallest absolute Gasteiger partial charge is 0.261 e. The lowest BCUT2D eigenvalue weighted by molar-refractivity contribution is 0.0933. The zero-order valence-electron chi connectivity index (χ0n) is 11.1. The topological polar surface area (TPSA) is 63.2 Å². The van der Waals surface area contributed by atoms with E-state index in [-0.39, 0.29) is 16.8 Å². The van der Waals surface area contributed by atoms with Crippen molar-refractivity contribution < 1.29 is 13.2 Å². The quantitative estimate of drug-likeness (QED) is 0.688. The predicted molar refractivity (Wildman–Crippen MR) is 78.4 cm³/mol. The number of hydrogen-bond donors (Lipinski definition) is 1. The van der Waals surface area contributed by atoms with Crippen LogP contribution in [0.25, 0.3) is 0 Å². The Morgan fingerprint density at radius 2 is 1.60 bits per heavy atom. The first-order valence-corrected chi connectivity index (χ1v) is 9.13. The van der Waals surface area contributed by atoms with E-state index >= 15 is 0 Å². The van der Waals surface area contributed by atoms with Crippen LogP contribution >= 0.6 is 10.7 Å². The molecule has 1 aliphatic carbocycles. The van der Waals surface area contributed by atoms with Crippen LogP contribution in [0.1, 0.15) is 48.9 Å². The zero-order valence-corrected chi connectivity index (χ0v) is 12.7. The van der Waals surface area contributed by atoms with Crippen LogP contribution in [0.4, 0.5) is 0 Å². The first-order chi connectivity index (χ1) is 9.47. The van der Waals surface area contributed by atoms with Gasteiger partial charge >= 0.3 is 0 Å². The molecule has 0 saturated heterocycles. The van der Waals surface area contributed by atoms with Crippen LogP contribution in [0.3, 0.4) is 0 Å². The summed E-state index contributed by atoms with van der Waals surface area (Å²) in [5.41, 5.74) is 0.457. The summed E-state index contributed by atoms with van der Waals surface area (Å²) in [7, 11) is 1.50. The monoisotopic (exact) mass is 315 g/mol. The van der Waals surface area contributed by atoms with Gasteiger partial charge in [-0.1, -0.05) is 25.7 Å². The van der Waals surface area contributed by atoms with E-state index in [1.54, 1.807) is 0 Å². The fraction of sp³-hybridized carbons (Fsp3) is 0.500. The van der Waals surface area contributed by atoms with Gasteiger partial charge in [-0.15, -0.1) is 0 Å². The molecule has 4 nitrogen and oxygen atoms in total. The van der Waals surface area contributed by atoms with Crippen LogP contribution in [-0.4, -0.2) is 20.4 Å². The summed E-state index contributed by atoms with van der Waals surface area (Å²) < 4.78 is 22.3. The third-order valence-corrected chi connectivity index (χ3v) is 4.96. The third-order valence-electron chi connectivity index (χ3n) is 3.59. The van der Waals surface area contributed by atoms with E-state index in [0.717, 1.165) is 25.7 Å². The van der Waals surface area contributed by atoms with E-state index < -0.39 is 9.05 Å². The van der Waals surface area contributed by atoms with Crippen molar-refractivity contribution in [3.63, 3.8) is 0 Å². The lowest BCUT2D eigenvalue weighted by Crippen LogP contribution is -2.34. The molecule has 0 spiro atoms. The van der Waals surface area contributed by atoms with Crippen LogP contribution < -0.4 is 5.32 Å². The van der Waals surface area contributed by atoms with Crippen LogP contribution in [0.5, 0.6) is 0 Å². The summed E-state index contributed by atoms with van der Waals surface area (Å²) in [5.74, 6) is -0.157. The van der Waals surface area contributed by atoms with E-state index in [9.17, 15) is 13.2 Å². The van der Waals surface area contributed by atoms with E-state index in [1.165, 1.54) is 37.1 Å². The van der Waals surface area contributed by atoms with Gasteiger partial charge in [0.05, 0.1) is 4.90 Å². The van der Waals surface area contributed by atoms with Gasteiger partial charge in [-0.05, 0) is 37.1 Å². The highest BCUT2D eigenvalue weighted by Crippen LogP contribution is 2.18. The first-order valence-electron chi connectivity index (χ1n) is 6.82. The molecule has 0 unspecified atom stereocenters. The summed E-state index contributed by atoms with van der Waals surface area (Å²) in [6.45, 7) is 0. The highest BCUT2D eigenvalue weighted by atomic mass is 35.7. The molecule has 20 heavy (non-hydrogen) atoms. The number of rotatable bonds is 3. The SMILES string of the molecule is O=C(NC1CCCCCC1)c1ccc(S(=O)(=O)Cl)cc1. The normalized spacial score (nSPS) is 17.4. The zero-order chi connectivity index (χ0) is 14.6. The van der Waals surface area contributed by atoms with Crippen molar-refractivity contribution in [2.24, 2.45) is 0 Å². The molecule has 0 aliphatic heterocycles. The Balaban J connectivity index is 2.02. The molecule has 1 amide bonds. The molecule has 0 heterocycles. The maximum absolute atomic E-state index is 12.1. The van der Waals surface area contributed by atoms with E-state index in [4.69, 9.17) is 10.7 Å². The average Bonchev–Trinajstić information content (AvgIpc) is 2.66. The van der Waals surface area contributed by atoms with Crippen LogP contribution in [-0.2, 0) is 9.05 Å². The van der Waals surface area contributed by atoms with Gasteiger partial charge < -0.3 is 5.32 Å². The van der Waals surface area contributed by atoms with Gasteiger partial charge in [-0.3, -0.25) is 4.79 Å². The van der Waals surface area contributed by atoms with Crippen molar-refractivity contribution in [3.8, 4) is 0 Å². The lowest BCUT2D eigenvalue weighted by Gasteiger charge is -2.16. The molecule has 1 fully saturated rings. The average molecular weight is 316 g/mol. The van der Waals surface area contributed by atoms with Crippen molar-refractivity contribution in [2.45, 2.75) is 49.5 Å².